The molecule has 0 saturated heterocycles. The van der Waals surface area contributed by atoms with Gasteiger partial charge in [-0.2, -0.15) is 0 Å². The Labute approximate surface area is 309 Å². The van der Waals surface area contributed by atoms with Gasteiger partial charge in [-0.25, -0.2) is 4.79 Å². The van der Waals surface area contributed by atoms with Crippen molar-refractivity contribution in [1.82, 2.24) is 26.1 Å². The minimum Gasteiger partial charge on any atom is -0.444 e. The summed E-state index contributed by atoms with van der Waals surface area (Å²) in [5.74, 6) is -0.614. The third-order valence-electron chi connectivity index (χ3n) is 10.3. The van der Waals surface area contributed by atoms with Gasteiger partial charge < -0.3 is 26.0 Å². The van der Waals surface area contributed by atoms with Gasteiger partial charge in [0.25, 0.3) is 11.5 Å². The van der Waals surface area contributed by atoms with Gasteiger partial charge in [-0.1, -0.05) is 30.3 Å². The number of hydrogen-bond acceptors (Lipinski definition) is 6. The number of benzene rings is 3. The topological polar surface area (TPSA) is 174 Å². The van der Waals surface area contributed by atoms with E-state index >= 15 is 0 Å². The molecule has 4 aromatic rings. The summed E-state index contributed by atoms with van der Waals surface area (Å²) in [6.07, 6.45) is 5.87. The number of carbonyl (C=O) groups is 4. The lowest BCUT2D eigenvalue weighted by Crippen LogP contribution is -2.48. The van der Waals surface area contributed by atoms with Crippen molar-refractivity contribution in [1.29, 1.82) is 0 Å². The van der Waals surface area contributed by atoms with Gasteiger partial charge in [0, 0.05) is 36.2 Å². The second-order valence-electron chi connectivity index (χ2n) is 15.5. The number of fused-ring (bicyclic) bond motifs is 1. The molecule has 0 aliphatic heterocycles. The molecule has 0 bridgehead atoms. The van der Waals surface area contributed by atoms with Crippen LogP contribution in [0, 0.1) is 18.8 Å². The molecule has 2 saturated carbocycles. The third-order valence-corrected chi connectivity index (χ3v) is 10.3. The van der Waals surface area contributed by atoms with E-state index in [1.54, 1.807) is 18.2 Å². The highest BCUT2D eigenvalue weighted by Gasteiger charge is 2.30. The maximum atomic E-state index is 13.8. The number of alkyl carbamates (subject to hydrolysis) is 1. The van der Waals surface area contributed by atoms with Gasteiger partial charge in [0.05, 0.1) is 10.9 Å². The molecular formula is C41H50N6O6. The Balaban J connectivity index is 1.11. The highest BCUT2D eigenvalue weighted by atomic mass is 16.6. The highest BCUT2D eigenvalue weighted by Crippen LogP contribution is 2.30. The quantitative estimate of drug-likeness (QED) is 0.109. The van der Waals surface area contributed by atoms with Gasteiger partial charge in [0.15, 0.2) is 0 Å². The number of anilines is 1. The second kappa shape index (κ2) is 16.1. The minimum atomic E-state index is -0.865. The average molecular weight is 723 g/mol. The molecule has 6 rings (SSSR count). The average Bonchev–Trinajstić information content (AvgIpc) is 3.47. The van der Waals surface area contributed by atoms with E-state index in [-0.39, 0.29) is 47.6 Å². The summed E-state index contributed by atoms with van der Waals surface area (Å²) in [4.78, 5) is 64.2. The number of aromatic nitrogens is 2. The standard InChI is InChI=1S/C41H50N6O6/c1-24-20-29(37(49)43-30-6-5-7-30)16-18-32(24)27-12-8-25(9-13-27)21-35(39(51)44-31-17-19-33-34(22-31)46-47-38(33)50)45-36(48)28-14-10-26(11-15-28)23-42-40(52)53-41(2,3)4/h8-9,12-13,16-20,22,26,28,30,35H,5-7,10-11,14-15,21,23H2,1-4H3,(H,42,52)(H,43,49)(H,44,51)(H,45,48)(H2,46,47,50). The summed E-state index contributed by atoms with van der Waals surface area (Å²) in [6, 6.07) is 18.0. The van der Waals surface area contributed by atoms with E-state index in [2.05, 4.69) is 31.5 Å². The van der Waals surface area contributed by atoms with Crippen LogP contribution in [0.1, 0.15) is 87.2 Å². The van der Waals surface area contributed by atoms with E-state index < -0.39 is 17.7 Å². The van der Waals surface area contributed by atoms with Crippen LogP contribution in [0.15, 0.2) is 65.5 Å². The number of ether oxygens (including phenoxy) is 1. The summed E-state index contributed by atoms with van der Waals surface area (Å²) in [6.45, 7) is 7.94. The number of hydrogen-bond donors (Lipinski definition) is 6. The first-order valence-electron chi connectivity index (χ1n) is 18.6. The fraction of sp³-hybridized carbons (Fsp3) is 0.439. The minimum absolute atomic E-state index is 0.0457. The van der Waals surface area contributed by atoms with Crippen molar-refractivity contribution in [3.05, 3.63) is 87.7 Å². The van der Waals surface area contributed by atoms with Gasteiger partial charge in [0.2, 0.25) is 11.8 Å². The zero-order valence-corrected chi connectivity index (χ0v) is 30.9. The Morgan fingerprint density at radius 1 is 0.887 bits per heavy atom. The van der Waals surface area contributed by atoms with E-state index in [9.17, 15) is 24.0 Å². The van der Waals surface area contributed by atoms with Crippen molar-refractivity contribution in [2.24, 2.45) is 11.8 Å². The molecule has 4 amide bonds. The fourth-order valence-electron chi connectivity index (χ4n) is 7.02. The number of nitrogens with one attached hydrogen (secondary N) is 6. The van der Waals surface area contributed by atoms with Gasteiger partial charge >= 0.3 is 6.09 Å². The fourth-order valence-corrected chi connectivity index (χ4v) is 7.02. The SMILES string of the molecule is Cc1cc(C(=O)NC2CCC2)ccc1-c1ccc(CC(NC(=O)C2CCC(CNC(=O)OC(C)(C)C)CC2)C(=O)Nc2ccc3c(=O)[nH][nH]c3c2)cc1. The summed E-state index contributed by atoms with van der Waals surface area (Å²) in [5.41, 5.74) is 4.72. The summed E-state index contributed by atoms with van der Waals surface area (Å²) in [7, 11) is 0. The molecule has 280 valence electrons. The molecule has 1 atom stereocenters. The monoisotopic (exact) mass is 722 g/mol. The van der Waals surface area contributed by atoms with Crippen LogP contribution in [0.5, 0.6) is 0 Å². The largest absolute Gasteiger partial charge is 0.444 e. The second-order valence-corrected chi connectivity index (χ2v) is 15.5. The van der Waals surface area contributed by atoms with Crippen LogP contribution in [-0.2, 0) is 20.7 Å². The molecule has 2 aliphatic rings. The van der Waals surface area contributed by atoms with Gasteiger partial charge in [0.1, 0.15) is 11.6 Å². The number of aryl methyl sites for hydroxylation is 1. The van der Waals surface area contributed by atoms with Gasteiger partial charge in [-0.15, -0.1) is 0 Å². The maximum absolute atomic E-state index is 13.8. The summed E-state index contributed by atoms with van der Waals surface area (Å²) < 4.78 is 5.35. The van der Waals surface area contributed by atoms with E-state index in [1.165, 1.54) is 0 Å². The van der Waals surface area contributed by atoms with E-state index in [1.807, 2.05) is 70.2 Å². The van der Waals surface area contributed by atoms with Crippen LogP contribution < -0.4 is 26.8 Å². The van der Waals surface area contributed by atoms with Crippen LogP contribution in [0.3, 0.4) is 0 Å². The highest BCUT2D eigenvalue weighted by molar-refractivity contribution is 5.99. The Bertz CT molecular complexity index is 2010. The predicted octanol–water partition coefficient (Wildman–Crippen LogP) is 6.11. The molecule has 1 unspecified atom stereocenters. The normalized spacial score (nSPS) is 18.0. The molecule has 1 aromatic heterocycles. The lowest BCUT2D eigenvalue weighted by atomic mass is 9.81. The number of aromatic amines is 2. The molecule has 53 heavy (non-hydrogen) atoms. The van der Waals surface area contributed by atoms with Crippen molar-refractivity contribution in [3.8, 4) is 11.1 Å². The van der Waals surface area contributed by atoms with E-state index in [0.717, 1.165) is 54.4 Å². The van der Waals surface area contributed by atoms with Gasteiger partial charge in [-0.05, 0) is 131 Å². The van der Waals surface area contributed by atoms with Crippen LogP contribution in [0.4, 0.5) is 10.5 Å². The Hall–Kier alpha value is -5.39. The van der Waals surface area contributed by atoms with Gasteiger partial charge in [-0.3, -0.25) is 29.4 Å². The molecule has 6 N–H and O–H groups in total. The molecule has 2 aliphatic carbocycles. The predicted molar refractivity (Wildman–Crippen MR) is 205 cm³/mol. The van der Waals surface area contributed by atoms with Crippen LogP contribution in [0.25, 0.3) is 22.0 Å². The number of amides is 4. The van der Waals surface area contributed by atoms with Crippen LogP contribution in [-0.4, -0.2) is 58.2 Å². The molecule has 2 fully saturated rings. The first kappa shape index (κ1) is 37.4. The molecular weight excluding hydrogens is 672 g/mol. The summed E-state index contributed by atoms with van der Waals surface area (Å²) in [5, 5.41) is 17.7. The van der Waals surface area contributed by atoms with E-state index in [4.69, 9.17) is 4.74 Å². The number of rotatable bonds is 11. The zero-order valence-electron chi connectivity index (χ0n) is 30.9. The molecule has 12 heteroatoms. The Morgan fingerprint density at radius 2 is 1.62 bits per heavy atom. The number of H-pyrrole nitrogens is 2. The molecule has 3 aromatic carbocycles. The van der Waals surface area contributed by atoms with Crippen molar-refractivity contribution >= 4 is 40.4 Å². The number of carbonyl (C=O) groups excluding carboxylic acids is 4. The van der Waals surface area contributed by atoms with Crippen molar-refractivity contribution in [2.75, 3.05) is 11.9 Å². The molecule has 0 spiro atoms. The lowest BCUT2D eigenvalue weighted by molar-refractivity contribution is -0.130. The van der Waals surface area contributed by atoms with Crippen molar-refractivity contribution in [3.63, 3.8) is 0 Å². The zero-order chi connectivity index (χ0) is 37.7. The van der Waals surface area contributed by atoms with Crippen LogP contribution >= 0.6 is 0 Å². The molecule has 12 nitrogen and oxygen atoms in total. The maximum Gasteiger partial charge on any atom is 0.407 e. The van der Waals surface area contributed by atoms with Crippen molar-refractivity contribution in [2.45, 2.75) is 96.7 Å². The van der Waals surface area contributed by atoms with Crippen LogP contribution in [0.2, 0.25) is 0 Å². The lowest BCUT2D eigenvalue weighted by Gasteiger charge is -2.29. The first-order valence-corrected chi connectivity index (χ1v) is 18.6. The summed E-state index contributed by atoms with van der Waals surface area (Å²) >= 11 is 0. The molecule has 0 radical (unpaired) electrons. The Kier molecular flexibility index (Phi) is 11.4. The van der Waals surface area contributed by atoms with E-state index in [0.29, 0.717) is 41.5 Å². The smallest absolute Gasteiger partial charge is 0.407 e. The Morgan fingerprint density at radius 3 is 2.28 bits per heavy atom. The molecule has 1 heterocycles. The first-order chi connectivity index (χ1) is 25.3. The third kappa shape index (κ3) is 9.74. The van der Waals surface area contributed by atoms with Crippen molar-refractivity contribution < 1.29 is 23.9 Å².